The van der Waals surface area contributed by atoms with Crippen LogP contribution in [0.5, 0.6) is 0 Å². The molecular formula is C18H27N3O. The second kappa shape index (κ2) is 6.29. The summed E-state index contributed by atoms with van der Waals surface area (Å²) in [6, 6.07) is 10.6. The summed E-state index contributed by atoms with van der Waals surface area (Å²) in [5, 5.41) is 3.13. The summed E-state index contributed by atoms with van der Waals surface area (Å²) in [6.07, 6.45) is 3.54. The van der Waals surface area contributed by atoms with Crippen LogP contribution < -0.4 is 16.0 Å². The van der Waals surface area contributed by atoms with Gasteiger partial charge in [0, 0.05) is 31.4 Å². The van der Waals surface area contributed by atoms with Crippen LogP contribution in [0.15, 0.2) is 30.3 Å². The van der Waals surface area contributed by atoms with E-state index in [9.17, 15) is 4.79 Å². The topological polar surface area (TPSA) is 58.4 Å². The minimum Gasteiger partial charge on any atom is -0.370 e. The maximum Gasteiger partial charge on any atom is 0.225 e. The van der Waals surface area contributed by atoms with Crippen molar-refractivity contribution in [1.29, 1.82) is 0 Å². The van der Waals surface area contributed by atoms with Crippen LogP contribution in [0, 0.1) is 17.8 Å². The summed E-state index contributed by atoms with van der Waals surface area (Å²) < 4.78 is 0. The number of likely N-dealkylation sites (N-methyl/N-ethyl adjacent to an activating group) is 1. The predicted molar refractivity (Wildman–Crippen MR) is 89.6 cm³/mol. The summed E-state index contributed by atoms with van der Waals surface area (Å²) in [5.41, 5.74) is 7.42. The molecule has 4 heteroatoms. The molecule has 1 amide bonds. The quantitative estimate of drug-likeness (QED) is 0.874. The highest BCUT2D eigenvalue weighted by atomic mass is 16.2. The Morgan fingerprint density at radius 1 is 1.32 bits per heavy atom. The molecular weight excluding hydrogens is 274 g/mol. The first kappa shape index (κ1) is 15.3. The first-order valence-corrected chi connectivity index (χ1v) is 8.39. The van der Waals surface area contributed by atoms with Crippen LogP contribution in [0.1, 0.15) is 26.2 Å². The zero-order valence-corrected chi connectivity index (χ0v) is 13.5. The van der Waals surface area contributed by atoms with E-state index in [-0.39, 0.29) is 23.9 Å². The Kier molecular flexibility index (Phi) is 4.39. The van der Waals surface area contributed by atoms with E-state index in [1.165, 1.54) is 18.5 Å². The van der Waals surface area contributed by atoms with Gasteiger partial charge in [-0.05, 0) is 50.2 Å². The lowest BCUT2D eigenvalue weighted by molar-refractivity contribution is -0.127. The van der Waals surface area contributed by atoms with Crippen LogP contribution in [0.2, 0.25) is 0 Å². The van der Waals surface area contributed by atoms with Gasteiger partial charge in [-0.15, -0.1) is 0 Å². The number of anilines is 1. The lowest BCUT2D eigenvalue weighted by Gasteiger charge is -2.30. The third-order valence-corrected chi connectivity index (χ3v) is 5.68. The van der Waals surface area contributed by atoms with Crippen molar-refractivity contribution in [1.82, 2.24) is 5.32 Å². The number of nitrogens with two attached hydrogens (primary N) is 1. The molecule has 0 saturated heterocycles. The van der Waals surface area contributed by atoms with E-state index in [0.29, 0.717) is 18.4 Å². The van der Waals surface area contributed by atoms with E-state index in [0.717, 1.165) is 6.42 Å². The number of rotatable bonds is 5. The van der Waals surface area contributed by atoms with Crippen LogP contribution in [-0.2, 0) is 4.79 Å². The van der Waals surface area contributed by atoms with Gasteiger partial charge >= 0.3 is 0 Å². The number of hydrogen-bond donors (Lipinski definition) is 2. The van der Waals surface area contributed by atoms with Gasteiger partial charge in [-0.2, -0.15) is 0 Å². The molecule has 2 fully saturated rings. The monoisotopic (exact) mass is 301 g/mol. The van der Waals surface area contributed by atoms with Gasteiger partial charge in [0.05, 0.1) is 5.92 Å². The van der Waals surface area contributed by atoms with E-state index in [1.54, 1.807) is 0 Å². The number of benzene rings is 1. The zero-order chi connectivity index (χ0) is 15.7. The minimum atomic E-state index is 0.0352. The maximum absolute atomic E-state index is 12.5. The maximum atomic E-state index is 12.5. The number of carbonyl (C=O) groups is 1. The molecule has 1 aromatic rings. The van der Waals surface area contributed by atoms with Gasteiger partial charge in [0.1, 0.15) is 0 Å². The van der Waals surface area contributed by atoms with Crippen molar-refractivity contribution >= 4 is 11.6 Å². The molecule has 3 N–H and O–H groups in total. The fourth-order valence-electron chi connectivity index (χ4n) is 4.15. The average molecular weight is 301 g/mol. The van der Waals surface area contributed by atoms with Crippen molar-refractivity contribution in [2.45, 2.75) is 38.3 Å². The molecule has 0 aromatic heterocycles. The molecule has 22 heavy (non-hydrogen) atoms. The summed E-state index contributed by atoms with van der Waals surface area (Å²) >= 11 is 0. The predicted octanol–water partition coefficient (Wildman–Crippen LogP) is 2.00. The largest absolute Gasteiger partial charge is 0.370 e. The number of carbonyl (C=O) groups excluding carboxylic acids is 1. The number of para-hydroxylation sites is 1. The normalized spacial score (nSPS) is 31.0. The molecule has 5 atom stereocenters. The zero-order valence-electron chi connectivity index (χ0n) is 13.5. The van der Waals surface area contributed by atoms with Crippen LogP contribution in [-0.4, -0.2) is 31.6 Å². The first-order chi connectivity index (χ1) is 10.6. The van der Waals surface area contributed by atoms with Gasteiger partial charge in [0.25, 0.3) is 0 Å². The SMILES string of the molecule is CC(CNC(=O)C1C2CCC(C2)C1N)N(C)c1ccccc1. The second-order valence-corrected chi connectivity index (χ2v) is 6.98. The van der Waals surface area contributed by atoms with E-state index in [2.05, 4.69) is 36.3 Å². The minimum absolute atomic E-state index is 0.0352. The molecule has 2 bridgehead atoms. The van der Waals surface area contributed by atoms with Crippen LogP contribution >= 0.6 is 0 Å². The molecule has 1 aromatic carbocycles. The third kappa shape index (κ3) is 2.84. The Balaban J connectivity index is 1.53. The summed E-state index contributed by atoms with van der Waals surface area (Å²) in [7, 11) is 2.06. The van der Waals surface area contributed by atoms with Gasteiger partial charge in [0.2, 0.25) is 5.91 Å². The van der Waals surface area contributed by atoms with Crippen LogP contribution in [0.3, 0.4) is 0 Å². The fourth-order valence-corrected chi connectivity index (χ4v) is 4.15. The summed E-state index contributed by atoms with van der Waals surface area (Å²) in [5.74, 6) is 1.29. The van der Waals surface area contributed by atoms with Crippen molar-refractivity contribution in [3.05, 3.63) is 30.3 Å². The van der Waals surface area contributed by atoms with Gasteiger partial charge in [-0.1, -0.05) is 18.2 Å². The molecule has 3 rings (SSSR count). The number of nitrogens with zero attached hydrogens (tertiary/aromatic N) is 1. The van der Waals surface area contributed by atoms with Gasteiger partial charge in [-0.3, -0.25) is 4.79 Å². The van der Waals surface area contributed by atoms with E-state index < -0.39 is 0 Å². The molecule has 2 aliphatic carbocycles. The standard InChI is InChI=1S/C18H27N3O/c1-12(21(2)15-6-4-3-5-7-15)11-20-18(22)16-13-8-9-14(10-13)17(16)19/h3-7,12-14,16-17H,8-11,19H2,1-2H3,(H,20,22). The highest BCUT2D eigenvalue weighted by Gasteiger charge is 2.48. The smallest absolute Gasteiger partial charge is 0.225 e. The lowest BCUT2D eigenvalue weighted by atomic mass is 9.84. The molecule has 0 radical (unpaired) electrons. The van der Waals surface area contributed by atoms with Gasteiger partial charge < -0.3 is 16.0 Å². The molecule has 120 valence electrons. The summed E-state index contributed by atoms with van der Waals surface area (Å²) in [4.78, 5) is 14.7. The molecule has 0 heterocycles. The molecule has 2 saturated carbocycles. The van der Waals surface area contributed by atoms with E-state index in [1.807, 2.05) is 18.2 Å². The molecule has 4 nitrogen and oxygen atoms in total. The Morgan fingerprint density at radius 2 is 2.00 bits per heavy atom. The number of nitrogens with one attached hydrogen (secondary N) is 1. The fraction of sp³-hybridized carbons (Fsp3) is 0.611. The molecule has 0 aliphatic heterocycles. The van der Waals surface area contributed by atoms with Gasteiger partial charge in [-0.25, -0.2) is 0 Å². The van der Waals surface area contributed by atoms with Crippen LogP contribution in [0.25, 0.3) is 0 Å². The number of amides is 1. The Morgan fingerprint density at radius 3 is 2.64 bits per heavy atom. The molecule has 5 unspecified atom stereocenters. The van der Waals surface area contributed by atoms with E-state index in [4.69, 9.17) is 5.73 Å². The van der Waals surface area contributed by atoms with Crippen molar-refractivity contribution in [2.75, 3.05) is 18.5 Å². The highest BCUT2D eigenvalue weighted by Crippen LogP contribution is 2.47. The van der Waals surface area contributed by atoms with Crippen LogP contribution in [0.4, 0.5) is 5.69 Å². The first-order valence-electron chi connectivity index (χ1n) is 8.39. The van der Waals surface area contributed by atoms with Crippen molar-refractivity contribution in [3.8, 4) is 0 Å². The molecule has 0 spiro atoms. The van der Waals surface area contributed by atoms with Gasteiger partial charge in [0.15, 0.2) is 0 Å². The Hall–Kier alpha value is -1.55. The van der Waals surface area contributed by atoms with Crippen molar-refractivity contribution < 1.29 is 4.79 Å². The highest BCUT2D eigenvalue weighted by molar-refractivity contribution is 5.80. The second-order valence-electron chi connectivity index (χ2n) is 6.98. The van der Waals surface area contributed by atoms with Crippen molar-refractivity contribution in [2.24, 2.45) is 23.5 Å². The Bertz CT molecular complexity index is 516. The lowest BCUT2D eigenvalue weighted by Crippen LogP contribution is -2.48. The number of fused-ring (bicyclic) bond motifs is 2. The Labute approximate surface area is 133 Å². The average Bonchev–Trinajstić information content (AvgIpc) is 3.13. The summed E-state index contributed by atoms with van der Waals surface area (Å²) in [6.45, 7) is 2.79. The van der Waals surface area contributed by atoms with Crippen molar-refractivity contribution in [3.63, 3.8) is 0 Å². The van der Waals surface area contributed by atoms with E-state index >= 15 is 0 Å². The number of hydrogen-bond acceptors (Lipinski definition) is 3. The molecule has 2 aliphatic rings. The third-order valence-electron chi connectivity index (χ3n) is 5.68.